The van der Waals surface area contributed by atoms with E-state index in [0.29, 0.717) is 14.2 Å². The molecule has 0 radical (unpaired) electrons. The van der Waals surface area contributed by atoms with Crippen LogP contribution < -0.4 is 0 Å². The van der Waals surface area contributed by atoms with Gasteiger partial charge in [-0.05, 0) is 24.3 Å². The first-order valence-electron chi connectivity index (χ1n) is 6.21. The zero-order chi connectivity index (χ0) is 15.8. The van der Waals surface area contributed by atoms with Crippen LogP contribution in [-0.2, 0) is 6.18 Å². The molecule has 6 heteroatoms. The van der Waals surface area contributed by atoms with Gasteiger partial charge >= 0.3 is 6.18 Å². The van der Waals surface area contributed by atoms with Gasteiger partial charge in [0, 0.05) is 20.8 Å². The Labute approximate surface area is 132 Å². The third-order valence-electron chi connectivity index (χ3n) is 2.93. The Morgan fingerprint density at radius 3 is 2.43 bits per heavy atom. The maximum absolute atomic E-state index is 13.1. The minimum absolute atomic E-state index is 0.0584. The summed E-state index contributed by atoms with van der Waals surface area (Å²) in [6.07, 6.45) is -4.44. The van der Waals surface area contributed by atoms with Crippen LogP contribution >= 0.6 is 27.3 Å². The van der Waals surface area contributed by atoms with Gasteiger partial charge in [-0.1, -0.05) is 35.8 Å². The van der Waals surface area contributed by atoms with E-state index in [1.54, 1.807) is 32.0 Å². The number of carbonyl (C=O) groups is 1. The lowest BCUT2D eigenvalue weighted by atomic mass is 10.1. The highest BCUT2D eigenvalue weighted by atomic mass is 79.9. The number of carbonyl (C=O) groups excluding carboxylic acids is 1. The second kappa shape index (κ2) is 5.93. The molecule has 0 aliphatic carbocycles. The number of rotatable bonds is 3. The van der Waals surface area contributed by atoms with E-state index in [4.69, 9.17) is 0 Å². The van der Waals surface area contributed by atoms with Gasteiger partial charge in [0.1, 0.15) is 0 Å². The Balaban J connectivity index is 2.51. The second-order valence-electron chi connectivity index (χ2n) is 4.87. The molecule has 0 amide bonds. The number of hydrogen-bond acceptors (Lipinski definition) is 2. The number of thiophene rings is 1. The minimum atomic E-state index is -4.44. The zero-order valence-electron chi connectivity index (χ0n) is 11.3. The number of ketones is 1. The van der Waals surface area contributed by atoms with Crippen LogP contribution in [0, 0.1) is 5.92 Å². The number of alkyl halides is 3. The number of halogens is 4. The van der Waals surface area contributed by atoms with Crippen LogP contribution in [0.4, 0.5) is 13.2 Å². The van der Waals surface area contributed by atoms with Gasteiger partial charge < -0.3 is 0 Å². The molecule has 0 bridgehead atoms. The Kier molecular flexibility index (Phi) is 4.58. The van der Waals surface area contributed by atoms with E-state index < -0.39 is 11.7 Å². The van der Waals surface area contributed by atoms with Crippen LogP contribution in [0.25, 0.3) is 10.4 Å². The molecule has 0 N–H and O–H groups in total. The zero-order valence-corrected chi connectivity index (χ0v) is 13.7. The van der Waals surface area contributed by atoms with E-state index >= 15 is 0 Å². The molecular weight excluding hydrogens is 365 g/mol. The maximum atomic E-state index is 13.1. The normalized spacial score (nSPS) is 12.0. The van der Waals surface area contributed by atoms with Crippen molar-refractivity contribution < 1.29 is 18.0 Å². The highest BCUT2D eigenvalue weighted by molar-refractivity contribution is 9.10. The fourth-order valence-corrected chi connectivity index (χ4v) is 3.36. The molecule has 0 fully saturated rings. The van der Waals surface area contributed by atoms with Crippen molar-refractivity contribution in [3.05, 3.63) is 45.2 Å². The molecule has 112 valence electrons. The Bertz CT molecular complexity index is 674. The summed E-state index contributed by atoms with van der Waals surface area (Å²) in [5, 5.41) is 0. The van der Waals surface area contributed by atoms with Gasteiger partial charge in [0.2, 0.25) is 0 Å². The van der Waals surface area contributed by atoms with Gasteiger partial charge in [-0.3, -0.25) is 4.79 Å². The molecule has 0 spiro atoms. The molecule has 0 aliphatic rings. The Morgan fingerprint density at radius 2 is 1.86 bits per heavy atom. The van der Waals surface area contributed by atoms with Crippen molar-refractivity contribution in [1.82, 2.24) is 0 Å². The molecule has 1 heterocycles. The lowest BCUT2D eigenvalue weighted by Gasteiger charge is -2.12. The van der Waals surface area contributed by atoms with Gasteiger partial charge in [0.25, 0.3) is 0 Å². The van der Waals surface area contributed by atoms with Gasteiger partial charge in [-0.2, -0.15) is 13.2 Å². The summed E-state index contributed by atoms with van der Waals surface area (Å²) < 4.78 is 39.7. The predicted molar refractivity (Wildman–Crippen MR) is 81.6 cm³/mol. The quantitative estimate of drug-likeness (QED) is 0.597. The third kappa shape index (κ3) is 3.55. The number of Topliss-reactive ketones (excluding diaryl/α,β-unsaturated/α-hetero) is 1. The highest BCUT2D eigenvalue weighted by Crippen LogP contribution is 2.41. The minimum Gasteiger partial charge on any atom is -0.293 e. The van der Waals surface area contributed by atoms with Crippen LogP contribution in [0.15, 0.2) is 34.8 Å². The monoisotopic (exact) mass is 376 g/mol. The lowest BCUT2D eigenvalue weighted by molar-refractivity contribution is -0.137. The number of hydrogen-bond donors (Lipinski definition) is 0. The molecule has 2 aromatic rings. The fraction of sp³-hybridized carbons (Fsp3) is 0.267. The average Bonchev–Trinajstić information content (AvgIpc) is 2.86. The van der Waals surface area contributed by atoms with E-state index in [-0.39, 0.29) is 17.3 Å². The van der Waals surface area contributed by atoms with Crippen LogP contribution in [0.2, 0.25) is 0 Å². The molecule has 1 aromatic heterocycles. The van der Waals surface area contributed by atoms with Crippen LogP contribution in [0.3, 0.4) is 0 Å². The molecule has 1 aromatic carbocycles. The summed E-state index contributed by atoms with van der Waals surface area (Å²) in [5.41, 5.74) is -0.610. The van der Waals surface area contributed by atoms with E-state index in [2.05, 4.69) is 15.9 Å². The van der Waals surface area contributed by atoms with Crippen molar-refractivity contribution in [2.24, 2.45) is 5.92 Å². The SMILES string of the molecule is CC(C)C(=O)c1ccc(-c2ccc(Br)cc2C(F)(F)F)s1. The Morgan fingerprint density at radius 1 is 1.19 bits per heavy atom. The topological polar surface area (TPSA) is 17.1 Å². The van der Waals surface area contributed by atoms with Crippen molar-refractivity contribution in [3.8, 4) is 10.4 Å². The third-order valence-corrected chi connectivity index (χ3v) is 4.55. The smallest absolute Gasteiger partial charge is 0.293 e. The summed E-state index contributed by atoms with van der Waals surface area (Å²) in [4.78, 5) is 12.8. The molecule has 0 atom stereocenters. The van der Waals surface area contributed by atoms with Crippen LogP contribution in [-0.4, -0.2) is 5.78 Å². The molecule has 1 nitrogen and oxygen atoms in total. The van der Waals surface area contributed by atoms with E-state index in [0.717, 1.165) is 17.4 Å². The van der Waals surface area contributed by atoms with Gasteiger partial charge in [-0.25, -0.2) is 0 Å². The standard InChI is InChI=1S/C15H12BrF3OS/c1-8(2)14(20)13-6-5-12(21-13)10-4-3-9(16)7-11(10)15(17,18)19/h3-8H,1-2H3. The van der Waals surface area contributed by atoms with Crippen molar-refractivity contribution in [2.45, 2.75) is 20.0 Å². The van der Waals surface area contributed by atoms with Crippen LogP contribution in [0.1, 0.15) is 29.1 Å². The van der Waals surface area contributed by atoms with Crippen molar-refractivity contribution in [1.29, 1.82) is 0 Å². The maximum Gasteiger partial charge on any atom is 0.417 e. The largest absolute Gasteiger partial charge is 0.417 e. The summed E-state index contributed by atoms with van der Waals surface area (Å²) in [7, 11) is 0. The van der Waals surface area contributed by atoms with Crippen molar-refractivity contribution in [3.63, 3.8) is 0 Å². The van der Waals surface area contributed by atoms with Crippen molar-refractivity contribution in [2.75, 3.05) is 0 Å². The van der Waals surface area contributed by atoms with Gasteiger partial charge in [-0.15, -0.1) is 11.3 Å². The molecule has 0 saturated carbocycles. The second-order valence-corrected chi connectivity index (χ2v) is 6.87. The van der Waals surface area contributed by atoms with E-state index in [1.165, 1.54) is 6.07 Å². The molecule has 0 saturated heterocycles. The fourth-order valence-electron chi connectivity index (χ4n) is 1.87. The van der Waals surface area contributed by atoms with E-state index in [1.807, 2.05) is 0 Å². The summed E-state index contributed by atoms with van der Waals surface area (Å²) in [5.74, 6) is -0.236. The van der Waals surface area contributed by atoms with Crippen LogP contribution in [0.5, 0.6) is 0 Å². The molecule has 2 rings (SSSR count). The summed E-state index contributed by atoms with van der Waals surface area (Å²) >= 11 is 4.15. The predicted octanol–water partition coefficient (Wildman–Crippen LogP) is 6.04. The highest BCUT2D eigenvalue weighted by Gasteiger charge is 2.34. The first kappa shape index (κ1) is 16.2. The van der Waals surface area contributed by atoms with Gasteiger partial charge in [0.15, 0.2) is 5.78 Å². The summed E-state index contributed by atoms with van der Waals surface area (Å²) in [6.45, 7) is 3.53. The molecule has 0 unspecified atom stereocenters. The van der Waals surface area contributed by atoms with Crippen molar-refractivity contribution >= 4 is 33.0 Å². The molecular formula is C15H12BrF3OS. The first-order chi connectivity index (χ1) is 9.70. The molecule has 0 aliphatic heterocycles. The Hall–Kier alpha value is -1.14. The van der Waals surface area contributed by atoms with Gasteiger partial charge in [0.05, 0.1) is 10.4 Å². The number of benzene rings is 1. The summed E-state index contributed by atoms with van der Waals surface area (Å²) in [6, 6.07) is 7.19. The first-order valence-corrected chi connectivity index (χ1v) is 7.82. The van der Waals surface area contributed by atoms with E-state index in [9.17, 15) is 18.0 Å². The molecule has 21 heavy (non-hydrogen) atoms. The lowest BCUT2D eigenvalue weighted by Crippen LogP contribution is -2.06. The average molecular weight is 377 g/mol.